The molecule has 5 heteroatoms. The molecule has 0 fully saturated rings. The van der Waals surface area contributed by atoms with Crippen LogP contribution >= 0.6 is 0 Å². The molecule has 106 valence electrons. The molecule has 1 aromatic heterocycles. The predicted molar refractivity (Wildman–Crippen MR) is 80.3 cm³/mol. The van der Waals surface area contributed by atoms with Crippen molar-refractivity contribution in [3.8, 4) is 11.6 Å². The van der Waals surface area contributed by atoms with Crippen molar-refractivity contribution in [3.05, 3.63) is 42.0 Å². The number of rotatable bonds is 5. The third-order valence-corrected chi connectivity index (χ3v) is 3.00. The minimum atomic E-state index is 0.548. The van der Waals surface area contributed by atoms with Crippen LogP contribution in [0.5, 0.6) is 11.6 Å². The Morgan fingerprint density at radius 2 is 1.95 bits per heavy atom. The van der Waals surface area contributed by atoms with Gasteiger partial charge in [0.05, 0.1) is 19.9 Å². The van der Waals surface area contributed by atoms with Gasteiger partial charge >= 0.3 is 0 Å². The molecule has 2 aromatic rings. The first kappa shape index (κ1) is 14.0. The molecular formula is C15H19N3O2. The molecule has 5 nitrogen and oxygen atoms in total. The summed E-state index contributed by atoms with van der Waals surface area (Å²) in [6, 6.07) is 11.5. The van der Waals surface area contributed by atoms with E-state index in [0.29, 0.717) is 23.9 Å². The van der Waals surface area contributed by atoms with Gasteiger partial charge in [-0.25, -0.2) is 0 Å². The van der Waals surface area contributed by atoms with Gasteiger partial charge in [0, 0.05) is 19.7 Å². The Hall–Kier alpha value is -2.43. The van der Waals surface area contributed by atoms with E-state index in [0.717, 1.165) is 11.3 Å². The number of nitrogen functional groups attached to an aromatic ring is 1. The number of pyridine rings is 1. The largest absolute Gasteiger partial charge is 0.497 e. The van der Waals surface area contributed by atoms with Crippen molar-refractivity contribution in [2.24, 2.45) is 0 Å². The first-order chi connectivity index (χ1) is 9.63. The summed E-state index contributed by atoms with van der Waals surface area (Å²) in [6.07, 6.45) is 0. The topological polar surface area (TPSA) is 60.6 Å². The van der Waals surface area contributed by atoms with Gasteiger partial charge in [-0.3, -0.25) is 0 Å². The van der Waals surface area contributed by atoms with E-state index in [-0.39, 0.29) is 0 Å². The van der Waals surface area contributed by atoms with E-state index in [9.17, 15) is 0 Å². The van der Waals surface area contributed by atoms with Gasteiger partial charge < -0.3 is 20.1 Å². The maximum Gasteiger partial charge on any atom is 0.215 e. The van der Waals surface area contributed by atoms with Crippen molar-refractivity contribution < 1.29 is 9.47 Å². The lowest BCUT2D eigenvalue weighted by atomic mass is 10.2. The fraction of sp³-hybridized carbons (Fsp3) is 0.267. The van der Waals surface area contributed by atoms with Crippen LogP contribution in [0.25, 0.3) is 0 Å². The van der Waals surface area contributed by atoms with E-state index in [2.05, 4.69) is 4.98 Å². The Kier molecular flexibility index (Phi) is 4.30. The summed E-state index contributed by atoms with van der Waals surface area (Å²) in [5.41, 5.74) is 7.71. The second-order valence-electron chi connectivity index (χ2n) is 4.47. The van der Waals surface area contributed by atoms with E-state index >= 15 is 0 Å². The van der Waals surface area contributed by atoms with Crippen LogP contribution in [0, 0.1) is 0 Å². The molecule has 0 bridgehead atoms. The van der Waals surface area contributed by atoms with Gasteiger partial charge in [-0.15, -0.1) is 0 Å². The third-order valence-electron chi connectivity index (χ3n) is 3.00. The van der Waals surface area contributed by atoms with Gasteiger partial charge in [0.1, 0.15) is 5.75 Å². The van der Waals surface area contributed by atoms with Crippen molar-refractivity contribution >= 4 is 11.5 Å². The summed E-state index contributed by atoms with van der Waals surface area (Å²) in [5, 5.41) is 0. The van der Waals surface area contributed by atoms with Crippen LogP contribution in [0.15, 0.2) is 36.4 Å². The minimum Gasteiger partial charge on any atom is -0.497 e. The lowest BCUT2D eigenvalue weighted by Gasteiger charge is -2.20. The Labute approximate surface area is 118 Å². The Bertz CT molecular complexity index is 587. The molecule has 0 unspecified atom stereocenters. The van der Waals surface area contributed by atoms with Gasteiger partial charge in [-0.1, -0.05) is 12.1 Å². The zero-order valence-electron chi connectivity index (χ0n) is 12.0. The molecule has 0 saturated heterocycles. The summed E-state index contributed by atoms with van der Waals surface area (Å²) in [4.78, 5) is 6.36. The van der Waals surface area contributed by atoms with E-state index in [4.69, 9.17) is 15.2 Å². The number of hydrogen-bond donors (Lipinski definition) is 1. The summed E-state index contributed by atoms with van der Waals surface area (Å²) in [5.74, 6) is 2.08. The number of nitrogens with two attached hydrogens (primary N) is 1. The molecule has 1 aromatic carbocycles. The zero-order chi connectivity index (χ0) is 14.5. The lowest BCUT2D eigenvalue weighted by molar-refractivity contribution is 0.398. The molecule has 0 amide bonds. The molecule has 2 rings (SSSR count). The molecule has 0 atom stereocenters. The monoisotopic (exact) mass is 273 g/mol. The summed E-state index contributed by atoms with van der Waals surface area (Å²) >= 11 is 0. The van der Waals surface area contributed by atoms with Crippen LogP contribution in [-0.2, 0) is 6.54 Å². The summed E-state index contributed by atoms with van der Waals surface area (Å²) in [7, 11) is 5.19. The highest BCUT2D eigenvalue weighted by Gasteiger charge is 2.10. The van der Waals surface area contributed by atoms with Gasteiger partial charge in [0.25, 0.3) is 0 Å². The predicted octanol–water partition coefficient (Wildman–Crippen LogP) is 2.32. The standard InChI is InChI=1S/C15H19N3O2/c1-18(10-11-5-4-6-12(9-11)19-2)15-13(16)7-8-14(17-15)20-3/h4-9H,10,16H2,1-3H3. The van der Waals surface area contributed by atoms with E-state index in [1.165, 1.54) is 0 Å². The molecule has 20 heavy (non-hydrogen) atoms. The smallest absolute Gasteiger partial charge is 0.215 e. The molecule has 0 aliphatic heterocycles. The molecular weight excluding hydrogens is 254 g/mol. The minimum absolute atomic E-state index is 0.548. The Morgan fingerprint density at radius 3 is 2.65 bits per heavy atom. The molecule has 0 radical (unpaired) electrons. The van der Waals surface area contributed by atoms with E-state index in [1.807, 2.05) is 36.2 Å². The van der Waals surface area contributed by atoms with Gasteiger partial charge in [0.2, 0.25) is 5.88 Å². The third kappa shape index (κ3) is 3.12. The highest BCUT2D eigenvalue weighted by molar-refractivity contribution is 5.63. The number of anilines is 2. The number of aromatic nitrogens is 1. The number of ether oxygens (including phenoxy) is 2. The summed E-state index contributed by atoms with van der Waals surface area (Å²) < 4.78 is 10.4. The average Bonchev–Trinajstić information content (AvgIpc) is 2.47. The fourth-order valence-electron chi connectivity index (χ4n) is 1.98. The van der Waals surface area contributed by atoms with E-state index < -0.39 is 0 Å². The molecule has 0 spiro atoms. The maximum absolute atomic E-state index is 5.97. The highest BCUT2D eigenvalue weighted by Crippen LogP contribution is 2.24. The van der Waals surface area contributed by atoms with Crippen molar-refractivity contribution in [2.45, 2.75) is 6.54 Å². The SMILES string of the molecule is COc1cccc(CN(C)c2nc(OC)ccc2N)c1. The second kappa shape index (κ2) is 6.14. The van der Waals surface area contributed by atoms with Crippen LogP contribution in [-0.4, -0.2) is 26.3 Å². The molecule has 1 heterocycles. The fourth-order valence-corrected chi connectivity index (χ4v) is 1.98. The normalized spacial score (nSPS) is 10.2. The molecule has 2 N–H and O–H groups in total. The van der Waals surface area contributed by atoms with Crippen LogP contribution in [0.2, 0.25) is 0 Å². The van der Waals surface area contributed by atoms with Crippen molar-refractivity contribution in [3.63, 3.8) is 0 Å². The number of methoxy groups -OCH3 is 2. The Morgan fingerprint density at radius 1 is 1.15 bits per heavy atom. The summed E-state index contributed by atoms with van der Waals surface area (Å²) in [6.45, 7) is 0.682. The van der Waals surface area contributed by atoms with Crippen LogP contribution in [0.4, 0.5) is 11.5 Å². The first-order valence-corrected chi connectivity index (χ1v) is 6.28. The van der Waals surface area contributed by atoms with Crippen molar-refractivity contribution in [2.75, 3.05) is 31.9 Å². The molecule has 0 aliphatic rings. The van der Waals surface area contributed by atoms with Crippen LogP contribution < -0.4 is 20.1 Å². The van der Waals surface area contributed by atoms with E-state index in [1.54, 1.807) is 26.4 Å². The quantitative estimate of drug-likeness (QED) is 0.906. The van der Waals surface area contributed by atoms with Gasteiger partial charge in [-0.2, -0.15) is 4.98 Å². The van der Waals surface area contributed by atoms with Crippen molar-refractivity contribution in [1.29, 1.82) is 0 Å². The van der Waals surface area contributed by atoms with Crippen LogP contribution in [0.1, 0.15) is 5.56 Å². The molecule has 0 aliphatic carbocycles. The lowest BCUT2D eigenvalue weighted by Crippen LogP contribution is -2.19. The van der Waals surface area contributed by atoms with Crippen molar-refractivity contribution in [1.82, 2.24) is 4.98 Å². The number of benzene rings is 1. The second-order valence-corrected chi connectivity index (χ2v) is 4.47. The van der Waals surface area contributed by atoms with Gasteiger partial charge in [0.15, 0.2) is 5.82 Å². The van der Waals surface area contributed by atoms with Crippen LogP contribution in [0.3, 0.4) is 0 Å². The number of nitrogens with zero attached hydrogens (tertiary/aromatic N) is 2. The molecule has 0 saturated carbocycles. The first-order valence-electron chi connectivity index (χ1n) is 6.28. The highest BCUT2D eigenvalue weighted by atomic mass is 16.5. The number of hydrogen-bond acceptors (Lipinski definition) is 5. The Balaban J connectivity index is 2.20. The van der Waals surface area contributed by atoms with Gasteiger partial charge in [-0.05, 0) is 23.8 Å². The average molecular weight is 273 g/mol. The zero-order valence-corrected chi connectivity index (χ0v) is 12.0. The maximum atomic E-state index is 5.97.